The summed E-state index contributed by atoms with van der Waals surface area (Å²) in [6.45, 7) is 3.73. The van der Waals surface area contributed by atoms with E-state index in [-0.39, 0.29) is 41.7 Å². The van der Waals surface area contributed by atoms with E-state index in [0.717, 1.165) is 108 Å². The number of likely N-dealkylation sites (tertiary alicyclic amines) is 1. The Morgan fingerprint density at radius 1 is 0.935 bits per heavy atom. The minimum atomic E-state index is -0.985. The second-order valence-electron chi connectivity index (χ2n) is 17.1. The molecule has 0 radical (unpaired) electrons. The maximum atomic E-state index is 13.4. The molecule has 5 amide bonds. The molecule has 316 valence electrons. The first-order valence-corrected chi connectivity index (χ1v) is 21.9. The highest BCUT2D eigenvalue weighted by Crippen LogP contribution is 2.43. The summed E-state index contributed by atoms with van der Waals surface area (Å²) in [4.78, 5) is 78.4. The Labute approximate surface area is 360 Å². The lowest BCUT2D eigenvalue weighted by atomic mass is 9.72. The molecule has 5 aromatic rings. The monoisotopic (exact) mass is 852 g/mol. The fourth-order valence-corrected chi connectivity index (χ4v) is 11.0. The molecule has 3 saturated heterocycles. The Morgan fingerprint density at radius 2 is 1.73 bits per heavy atom. The van der Waals surface area contributed by atoms with Gasteiger partial charge in [-0.05, 0) is 80.7 Å². The fourth-order valence-electron chi connectivity index (χ4n) is 9.92. The number of fused-ring (bicyclic) bond motifs is 2. The van der Waals surface area contributed by atoms with Gasteiger partial charge in [-0.2, -0.15) is 5.26 Å². The average molecular weight is 853 g/mol. The lowest BCUT2D eigenvalue weighted by Crippen LogP contribution is -2.62. The summed E-state index contributed by atoms with van der Waals surface area (Å²) in [6, 6.07) is 12.3. The predicted octanol–water partition coefficient (Wildman–Crippen LogP) is 4.00. The summed E-state index contributed by atoms with van der Waals surface area (Å²) >= 11 is 1.59. The molecule has 4 aliphatic heterocycles. The molecule has 10 rings (SSSR count). The number of rotatable bonds is 9. The van der Waals surface area contributed by atoms with Crippen LogP contribution in [0.1, 0.15) is 88.6 Å². The molecule has 1 saturated carbocycles. The summed E-state index contributed by atoms with van der Waals surface area (Å²) in [6.07, 6.45) is 11.0. The molecule has 1 aromatic carbocycles. The Balaban J connectivity index is 0.680. The number of nitrogens with one attached hydrogen (secondary N) is 3. The molecule has 4 aromatic heterocycles. The van der Waals surface area contributed by atoms with Crippen LogP contribution in [-0.2, 0) is 14.4 Å². The van der Waals surface area contributed by atoms with E-state index in [9.17, 15) is 29.2 Å². The largest absolute Gasteiger partial charge is 0.387 e. The molecule has 0 bridgehead atoms. The van der Waals surface area contributed by atoms with Gasteiger partial charge in [-0.15, -0.1) is 10.2 Å². The molecular weight excluding hydrogens is 809 g/mol. The minimum absolute atomic E-state index is 0.0637. The number of hydrogen-bond acceptors (Lipinski definition) is 14. The Kier molecular flexibility index (Phi) is 10.0. The van der Waals surface area contributed by atoms with Crippen LogP contribution in [0.25, 0.3) is 27.4 Å². The van der Waals surface area contributed by atoms with Crippen molar-refractivity contribution in [2.45, 2.75) is 69.4 Å². The van der Waals surface area contributed by atoms with E-state index in [2.05, 4.69) is 47.0 Å². The number of piperidine rings is 2. The Hall–Kier alpha value is -6.58. The number of nitrogens with zero attached hydrogens (tertiary/aromatic N) is 9. The molecule has 1 atom stereocenters. The number of carbonyl (C=O) groups is 5. The molecule has 5 aliphatic rings. The quantitative estimate of drug-likeness (QED) is 0.179. The van der Waals surface area contributed by atoms with Gasteiger partial charge in [0.15, 0.2) is 5.01 Å². The van der Waals surface area contributed by atoms with E-state index in [1.807, 2.05) is 48.3 Å². The Morgan fingerprint density at radius 3 is 2.48 bits per heavy atom. The van der Waals surface area contributed by atoms with Gasteiger partial charge in [0.05, 0.1) is 28.8 Å². The van der Waals surface area contributed by atoms with Crippen LogP contribution in [0.2, 0.25) is 0 Å². The van der Waals surface area contributed by atoms with Crippen molar-refractivity contribution in [3.63, 3.8) is 0 Å². The smallest absolute Gasteiger partial charge is 0.262 e. The molecule has 62 heavy (non-hydrogen) atoms. The number of anilines is 2. The van der Waals surface area contributed by atoms with Crippen molar-refractivity contribution in [3.05, 3.63) is 76.7 Å². The number of amides is 5. The summed E-state index contributed by atoms with van der Waals surface area (Å²) in [5, 5.41) is 29.9. The highest BCUT2D eigenvalue weighted by atomic mass is 32.1. The lowest BCUT2D eigenvalue weighted by molar-refractivity contribution is -0.136. The molecule has 4 fully saturated rings. The van der Waals surface area contributed by atoms with Crippen molar-refractivity contribution >= 4 is 63.3 Å². The normalized spacial score (nSPS) is 22.4. The number of aromatic nitrogens is 5. The van der Waals surface area contributed by atoms with Crippen molar-refractivity contribution in [1.82, 2.24) is 45.2 Å². The lowest BCUT2D eigenvalue weighted by Gasteiger charge is -2.54. The predicted molar refractivity (Wildman–Crippen MR) is 229 cm³/mol. The van der Waals surface area contributed by atoms with Gasteiger partial charge < -0.3 is 15.5 Å². The third-order valence-electron chi connectivity index (χ3n) is 13.3. The second-order valence-corrected chi connectivity index (χ2v) is 18.2. The minimum Gasteiger partial charge on any atom is -0.387 e. The first-order valence-electron chi connectivity index (χ1n) is 21.1. The zero-order chi connectivity index (χ0) is 42.7. The zero-order valence-corrected chi connectivity index (χ0v) is 34.9. The molecular formula is C44H44N12O5S. The summed E-state index contributed by atoms with van der Waals surface area (Å²) in [5.74, 6) is -0.974. The van der Waals surface area contributed by atoms with Crippen LogP contribution >= 0.6 is 11.3 Å². The standard InChI is InChI=1S/C44H44N12O5S/c1-46-33-18-35(55-13-10-27-16-25(19-45)20-48-38(27)55)47-21-32(33)41-52-51-40(62-41)26-2-4-28(5-3-26)49-37(58)22-53-23-44(24-53)11-14-54(15-12-44)29-6-7-30-31(17-29)43(61)56(42(30)60)34-8-9-36(57)50-39(34)59/h6-7,10,13,16-18,20-21,26,28,34H,2-5,8-9,11-12,14-15,22-24H2,1H3,(H,46,47)(H,49,58)(H,50,57,59)/t26-,28-,34?. The van der Waals surface area contributed by atoms with E-state index in [1.54, 1.807) is 29.7 Å². The summed E-state index contributed by atoms with van der Waals surface area (Å²) in [5.41, 5.74) is 4.56. The molecule has 18 heteroatoms. The number of imide groups is 2. The van der Waals surface area contributed by atoms with Crippen LogP contribution in [0, 0.1) is 16.7 Å². The molecule has 17 nitrogen and oxygen atoms in total. The molecule has 1 aliphatic carbocycles. The topological polar surface area (TPSA) is 211 Å². The van der Waals surface area contributed by atoms with Gasteiger partial charge in [-0.1, -0.05) is 11.3 Å². The number of hydrogen-bond donors (Lipinski definition) is 3. The second kappa shape index (κ2) is 15.7. The van der Waals surface area contributed by atoms with Gasteiger partial charge in [0.1, 0.15) is 28.6 Å². The van der Waals surface area contributed by atoms with Crippen LogP contribution in [0.15, 0.2) is 55.0 Å². The van der Waals surface area contributed by atoms with Crippen LogP contribution in [-0.4, -0.2) is 116 Å². The zero-order valence-electron chi connectivity index (χ0n) is 34.1. The van der Waals surface area contributed by atoms with Gasteiger partial charge in [0.25, 0.3) is 11.8 Å². The van der Waals surface area contributed by atoms with E-state index in [1.165, 1.54) is 0 Å². The average Bonchev–Trinajstić information content (AvgIpc) is 4.00. The van der Waals surface area contributed by atoms with Crippen LogP contribution in [0.3, 0.4) is 0 Å². The Bertz CT molecular complexity index is 2700. The van der Waals surface area contributed by atoms with Gasteiger partial charge >= 0.3 is 0 Å². The third-order valence-corrected chi connectivity index (χ3v) is 14.4. The van der Waals surface area contributed by atoms with Gasteiger partial charge in [-0.3, -0.25) is 43.7 Å². The molecule has 1 spiro atoms. The van der Waals surface area contributed by atoms with Crippen molar-refractivity contribution < 1.29 is 24.0 Å². The first kappa shape index (κ1) is 39.5. The summed E-state index contributed by atoms with van der Waals surface area (Å²) in [7, 11) is 1.87. The summed E-state index contributed by atoms with van der Waals surface area (Å²) < 4.78 is 1.90. The van der Waals surface area contributed by atoms with E-state index in [4.69, 9.17) is 4.98 Å². The highest BCUT2D eigenvalue weighted by molar-refractivity contribution is 7.14. The first-order chi connectivity index (χ1) is 30.1. The SMILES string of the molecule is CNc1cc(-n2ccc3cc(C#N)cnc32)ncc1-c1nnc([C@H]2CC[C@H](NC(=O)CN3CC4(CCN(c5ccc6c(c5)C(=O)N(C5CCC(=O)NC5=O)C6=O)CC4)C3)CC2)s1. The van der Waals surface area contributed by atoms with Crippen molar-refractivity contribution in [2.75, 3.05) is 50.0 Å². The third kappa shape index (κ3) is 7.14. The van der Waals surface area contributed by atoms with Crippen molar-refractivity contribution in [1.29, 1.82) is 5.26 Å². The van der Waals surface area contributed by atoms with Crippen molar-refractivity contribution in [3.8, 4) is 22.5 Å². The number of pyridine rings is 2. The van der Waals surface area contributed by atoms with Gasteiger partial charge in [0, 0.05) is 93.0 Å². The maximum Gasteiger partial charge on any atom is 0.262 e. The van der Waals surface area contributed by atoms with Crippen LogP contribution in [0.5, 0.6) is 0 Å². The van der Waals surface area contributed by atoms with Crippen molar-refractivity contribution in [2.24, 2.45) is 5.41 Å². The van der Waals surface area contributed by atoms with Crippen LogP contribution in [0.4, 0.5) is 11.4 Å². The van der Waals surface area contributed by atoms with E-state index in [0.29, 0.717) is 23.5 Å². The van der Waals surface area contributed by atoms with Gasteiger partial charge in [-0.25, -0.2) is 9.97 Å². The highest BCUT2D eigenvalue weighted by Gasteiger charge is 2.47. The molecule has 8 heterocycles. The van der Waals surface area contributed by atoms with E-state index >= 15 is 0 Å². The number of carbonyl (C=O) groups excluding carboxylic acids is 5. The maximum absolute atomic E-state index is 13.4. The molecule has 1 unspecified atom stereocenters. The number of nitriles is 1. The van der Waals surface area contributed by atoms with Gasteiger partial charge in [0.2, 0.25) is 17.7 Å². The molecule has 3 N–H and O–H groups in total. The fraction of sp³-hybridized carbons (Fsp3) is 0.409. The number of benzene rings is 1. The van der Waals surface area contributed by atoms with Crippen LogP contribution < -0.4 is 20.9 Å². The van der Waals surface area contributed by atoms with E-state index < -0.39 is 29.7 Å².